The molecule has 11 heavy (non-hydrogen) atoms. The Balaban J connectivity index is 0.000000187. The van der Waals surface area contributed by atoms with Gasteiger partial charge in [0.1, 0.15) is 0 Å². The molecule has 0 aromatic rings. The van der Waals surface area contributed by atoms with Crippen molar-refractivity contribution < 1.29 is 0 Å². The summed E-state index contributed by atoms with van der Waals surface area (Å²) in [6.45, 7) is 11.1. The lowest BCUT2D eigenvalue weighted by molar-refractivity contribution is 0.316. The first-order chi connectivity index (χ1) is 4.89. The summed E-state index contributed by atoms with van der Waals surface area (Å²) in [7, 11) is 2.06. The van der Waals surface area contributed by atoms with E-state index in [-0.39, 0.29) is 0 Å². The van der Waals surface area contributed by atoms with Crippen LogP contribution in [0.5, 0.6) is 0 Å². The molecule has 0 radical (unpaired) electrons. The Morgan fingerprint density at radius 1 is 1.18 bits per heavy atom. The van der Waals surface area contributed by atoms with E-state index < -0.39 is 0 Å². The summed E-state index contributed by atoms with van der Waals surface area (Å²) in [6.07, 6.45) is 1.30. The zero-order chi connectivity index (χ0) is 8.91. The fourth-order valence-corrected chi connectivity index (χ4v) is 0.665. The lowest BCUT2D eigenvalue weighted by Crippen LogP contribution is -2.25. The van der Waals surface area contributed by atoms with Crippen LogP contribution in [-0.4, -0.2) is 25.1 Å². The van der Waals surface area contributed by atoms with Crippen LogP contribution in [0.15, 0.2) is 0 Å². The highest BCUT2D eigenvalue weighted by Crippen LogP contribution is 2.08. The van der Waals surface area contributed by atoms with Crippen LogP contribution in [0.2, 0.25) is 0 Å². The number of nitrogens with zero attached hydrogens (tertiary/aromatic N) is 1. The van der Waals surface area contributed by atoms with Gasteiger partial charge in [-0.05, 0) is 11.8 Å². The van der Waals surface area contributed by atoms with Crippen LogP contribution in [0, 0.1) is 5.41 Å². The van der Waals surface area contributed by atoms with Crippen LogP contribution in [0.3, 0.4) is 0 Å². The van der Waals surface area contributed by atoms with Crippen molar-refractivity contribution >= 4 is 0 Å². The van der Waals surface area contributed by atoms with E-state index in [1.165, 1.54) is 13.0 Å². The highest BCUT2D eigenvalue weighted by atomic mass is 15.5. The van der Waals surface area contributed by atoms with Gasteiger partial charge >= 0.3 is 0 Å². The highest BCUT2D eigenvalue weighted by molar-refractivity contribution is 4.54. The van der Waals surface area contributed by atoms with Crippen molar-refractivity contribution in [1.82, 2.24) is 10.4 Å². The predicted molar refractivity (Wildman–Crippen MR) is 50.4 cm³/mol. The van der Waals surface area contributed by atoms with Gasteiger partial charge in [0, 0.05) is 20.1 Å². The Hall–Kier alpha value is -0.0800. The first-order valence-electron chi connectivity index (χ1n) is 4.34. The van der Waals surface area contributed by atoms with Gasteiger partial charge in [0.2, 0.25) is 0 Å². The van der Waals surface area contributed by atoms with Gasteiger partial charge in [-0.15, -0.1) is 0 Å². The van der Waals surface area contributed by atoms with Crippen LogP contribution >= 0.6 is 0 Å². The normalized spacial score (nSPS) is 19.4. The molecule has 0 unspecified atom stereocenters. The first-order valence-corrected chi connectivity index (χ1v) is 4.34. The van der Waals surface area contributed by atoms with Gasteiger partial charge < -0.3 is 0 Å². The zero-order valence-corrected chi connectivity index (χ0v) is 8.57. The van der Waals surface area contributed by atoms with Crippen LogP contribution in [0.4, 0.5) is 0 Å². The summed E-state index contributed by atoms with van der Waals surface area (Å²) in [4.78, 5) is 0. The smallest absolute Gasteiger partial charge is 0.0140 e. The minimum atomic E-state index is 0.500. The predicted octanol–water partition coefficient (Wildman–Crippen LogP) is 1.88. The molecule has 0 spiro atoms. The molecule has 2 nitrogen and oxygen atoms in total. The Morgan fingerprint density at radius 2 is 1.64 bits per heavy atom. The molecule has 0 amide bonds. The van der Waals surface area contributed by atoms with Gasteiger partial charge in [-0.1, -0.05) is 27.7 Å². The van der Waals surface area contributed by atoms with E-state index in [9.17, 15) is 0 Å². The van der Waals surface area contributed by atoms with Crippen molar-refractivity contribution in [1.29, 1.82) is 0 Å². The van der Waals surface area contributed by atoms with Crippen molar-refractivity contribution in [2.75, 3.05) is 20.1 Å². The number of hydrogen-bond donors (Lipinski definition) is 1. The Morgan fingerprint density at radius 3 is 1.73 bits per heavy atom. The fraction of sp³-hybridized carbons (Fsp3) is 1.00. The van der Waals surface area contributed by atoms with Crippen LogP contribution in [0.25, 0.3) is 0 Å². The monoisotopic (exact) mass is 158 g/mol. The maximum absolute atomic E-state index is 3.15. The molecule has 1 rings (SSSR count). The van der Waals surface area contributed by atoms with E-state index in [2.05, 4.69) is 45.2 Å². The average molecular weight is 158 g/mol. The zero-order valence-electron chi connectivity index (χ0n) is 8.57. The molecular formula is C9H22N2. The van der Waals surface area contributed by atoms with Crippen LogP contribution in [0.1, 0.15) is 34.1 Å². The first kappa shape index (κ1) is 10.9. The van der Waals surface area contributed by atoms with Crippen molar-refractivity contribution in [2.45, 2.75) is 34.1 Å². The summed E-state index contributed by atoms with van der Waals surface area (Å²) in [5.41, 5.74) is 3.65. The van der Waals surface area contributed by atoms with E-state index in [0.717, 1.165) is 6.54 Å². The number of hydrogen-bond acceptors (Lipinski definition) is 2. The molecule has 0 bridgehead atoms. The molecule has 68 valence electrons. The van der Waals surface area contributed by atoms with Gasteiger partial charge in [-0.25, -0.2) is 5.01 Å². The summed E-state index contributed by atoms with van der Waals surface area (Å²) in [6, 6.07) is 0. The third kappa shape index (κ3) is 13.0. The largest absolute Gasteiger partial charge is 0.255 e. The molecule has 0 saturated carbocycles. The highest BCUT2D eigenvalue weighted by Gasteiger charge is 2.01. The maximum Gasteiger partial charge on any atom is 0.0140 e. The molecule has 0 aliphatic carbocycles. The van der Waals surface area contributed by atoms with Gasteiger partial charge in [-0.2, -0.15) is 0 Å². The molecule has 1 aliphatic rings. The summed E-state index contributed by atoms with van der Waals surface area (Å²) in [5.74, 6) is 0. The van der Waals surface area contributed by atoms with E-state index in [4.69, 9.17) is 0 Å². The Labute approximate surface area is 70.9 Å². The van der Waals surface area contributed by atoms with Gasteiger partial charge in [-0.3, -0.25) is 5.43 Å². The topological polar surface area (TPSA) is 15.3 Å². The summed E-state index contributed by atoms with van der Waals surface area (Å²) >= 11 is 0. The number of rotatable bonds is 0. The molecule has 1 saturated heterocycles. The maximum atomic E-state index is 3.15. The van der Waals surface area contributed by atoms with E-state index in [1.807, 2.05) is 0 Å². The minimum Gasteiger partial charge on any atom is -0.255 e. The molecule has 1 fully saturated rings. The van der Waals surface area contributed by atoms with Gasteiger partial charge in [0.05, 0.1) is 0 Å². The molecule has 0 aromatic carbocycles. The van der Waals surface area contributed by atoms with E-state index in [0.29, 0.717) is 5.41 Å². The second kappa shape index (κ2) is 4.73. The number of nitrogens with one attached hydrogen (secondary N) is 1. The Bertz CT molecular complexity index is 82.2. The van der Waals surface area contributed by atoms with Gasteiger partial charge in [0.25, 0.3) is 0 Å². The SMILES string of the molecule is CC(C)(C)C.CN1CCCN1. The van der Waals surface area contributed by atoms with Crippen LogP contribution < -0.4 is 5.43 Å². The molecule has 1 heterocycles. The molecular weight excluding hydrogens is 136 g/mol. The lowest BCUT2D eigenvalue weighted by Gasteiger charge is -2.05. The average Bonchev–Trinajstić information content (AvgIpc) is 2.12. The van der Waals surface area contributed by atoms with Gasteiger partial charge in [0.15, 0.2) is 0 Å². The second-order valence-electron chi connectivity index (χ2n) is 4.68. The standard InChI is InChI=1S/C5H12.C4H10N2/c1-5(2,3)4;1-6-4-2-3-5-6/h1-4H3;5H,2-4H2,1H3. The van der Waals surface area contributed by atoms with Crippen molar-refractivity contribution in [3.8, 4) is 0 Å². The molecule has 1 aliphatic heterocycles. The summed E-state index contributed by atoms with van der Waals surface area (Å²) in [5, 5.41) is 2.11. The van der Waals surface area contributed by atoms with Crippen molar-refractivity contribution in [3.05, 3.63) is 0 Å². The lowest BCUT2D eigenvalue weighted by atomic mass is 10.0. The second-order valence-corrected chi connectivity index (χ2v) is 4.68. The van der Waals surface area contributed by atoms with Crippen molar-refractivity contribution in [3.63, 3.8) is 0 Å². The quantitative estimate of drug-likeness (QED) is 0.579. The van der Waals surface area contributed by atoms with Crippen LogP contribution in [-0.2, 0) is 0 Å². The summed E-state index contributed by atoms with van der Waals surface area (Å²) < 4.78 is 0. The molecule has 2 heteroatoms. The van der Waals surface area contributed by atoms with E-state index in [1.54, 1.807) is 0 Å². The number of hydrazine groups is 1. The minimum absolute atomic E-state index is 0.500. The Kier molecular flexibility index (Phi) is 4.69. The van der Waals surface area contributed by atoms with E-state index >= 15 is 0 Å². The fourth-order valence-electron chi connectivity index (χ4n) is 0.665. The third-order valence-corrected chi connectivity index (χ3v) is 1.05. The molecule has 0 atom stereocenters. The molecule has 1 N–H and O–H groups in total. The third-order valence-electron chi connectivity index (χ3n) is 1.05. The van der Waals surface area contributed by atoms with Crippen molar-refractivity contribution in [2.24, 2.45) is 5.41 Å². The molecule has 0 aromatic heterocycles.